The molecule has 2 aromatic carbocycles. The molecule has 2 N–H and O–H groups in total. The Morgan fingerprint density at radius 2 is 1.57 bits per heavy atom. The van der Waals surface area contributed by atoms with Crippen LogP contribution in [0.3, 0.4) is 0 Å². The van der Waals surface area contributed by atoms with Gasteiger partial charge in [-0.15, -0.1) is 0 Å². The van der Waals surface area contributed by atoms with E-state index in [9.17, 15) is 22.0 Å². The molecule has 0 heterocycles. The number of hydrogen-bond donors (Lipinski definition) is 1. The normalized spacial score (nSPS) is 13.3. The average molecular weight is 366 g/mol. The van der Waals surface area contributed by atoms with Crippen LogP contribution in [-0.4, -0.2) is 0 Å². The number of nitrogens with two attached hydrogens (primary N) is 1. The van der Waals surface area contributed by atoms with Crippen LogP contribution in [0.25, 0.3) is 0 Å². The molecular formula is C14H9BrF5N. The van der Waals surface area contributed by atoms with Gasteiger partial charge in [0.15, 0.2) is 0 Å². The van der Waals surface area contributed by atoms with Gasteiger partial charge in [-0.1, -0.05) is 28.1 Å². The second kappa shape index (κ2) is 5.73. The van der Waals surface area contributed by atoms with E-state index in [0.717, 1.165) is 30.3 Å². The highest BCUT2D eigenvalue weighted by atomic mass is 79.9. The summed E-state index contributed by atoms with van der Waals surface area (Å²) in [4.78, 5) is 0. The minimum Gasteiger partial charge on any atom is -0.320 e. The molecule has 2 rings (SSSR count). The second-order valence-electron chi connectivity index (χ2n) is 4.38. The minimum atomic E-state index is -4.55. The fraction of sp³-hybridized carbons (Fsp3) is 0.143. The Morgan fingerprint density at radius 1 is 1.00 bits per heavy atom. The molecule has 21 heavy (non-hydrogen) atoms. The highest BCUT2D eigenvalue weighted by molar-refractivity contribution is 9.10. The maximum Gasteiger partial charge on any atom is 0.416 e. The van der Waals surface area contributed by atoms with E-state index in [0.29, 0.717) is 0 Å². The third-order valence-corrected chi connectivity index (χ3v) is 3.39. The molecule has 0 aliphatic rings. The summed E-state index contributed by atoms with van der Waals surface area (Å²) in [5.41, 5.74) is 4.30. The number of alkyl halides is 3. The summed E-state index contributed by atoms with van der Waals surface area (Å²) in [6.07, 6.45) is -4.55. The molecule has 0 fully saturated rings. The van der Waals surface area contributed by atoms with Crippen molar-refractivity contribution in [2.75, 3.05) is 0 Å². The van der Waals surface area contributed by atoms with Crippen LogP contribution >= 0.6 is 15.9 Å². The van der Waals surface area contributed by atoms with Crippen molar-refractivity contribution in [2.45, 2.75) is 12.2 Å². The Bertz CT molecular complexity index is 646. The number of halogens is 6. The highest BCUT2D eigenvalue weighted by Crippen LogP contribution is 2.33. The van der Waals surface area contributed by atoms with Crippen molar-refractivity contribution in [3.05, 3.63) is 69.2 Å². The Balaban J connectivity index is 2.48. The summed E-state index contributed by atoms with van der Waals surface area (Å²) in [6, 6.07) is 4.77. The molecule has 0 saturated carbocycles. The average Bonchev–Trinajstić information content (AvgIpc) is 2.36. The first kappa shape index (κ1) is 15.9. The van der Waals surface area contributed by atoms with Crippen molar-refractivity contribution in [1.82, 2.24) is 0 Å². The van der Waals surface area contributed by atoms with Crippen molar-refractivity contribution in [3.8, 4) is 0 Å². The zero-order chi connectivity index (χ0) is 15.8. The van der Waals surface area contributed by atoms with E-state index in [1.165, 1.54) is 6.07 Å². The second-order valence-corrected chi connectivity index (χ2v) is 5.30. The molecule has 0 spiro atoms. The number of rotatable bonds is 2. The summed E-state index contributed by atoms with van der Waals surface area (Å²) in [7, 11) is 0. The van der Waals surface area contributed by atoms with E-state index in [2.05, 4.69) is 15.9 Å². The highest BCUT2D eigenvalue weighted by Gasteiger charge is 2.31. The van der Waals surface area contributed by atoms with E-state index < -0.39 is 35.0 Å². The molecule has 0 aliphatic carbocycles. The summed E-state index contributed by atoms with van der Waals surface area (Å²) in [5, 5.41) is 0. The molecule has 2 aromatic rings. The molecule has 1 atom stereocenters. The van der Waals surface area contributed by atoms with E-state index >= 15 is 0 Å². The van der Waals surface area contributed by atoms with Gasteiger partial charge < -0.3 is 5.73 Å². The lowest BCUT2D eigenvalue weighted by molar-refractivity contribution is -0.137. The molecule has 0 amide bonds. The zero-order valence-corrected chi connectivity index (χ0v) is 12.0. The molecule has 0 aliphatic heterocycles. The summed E-state index contributed by atoms with van der Waals surface area (Å²) < 4.78 is 65.7. The van der Waals surface area contributed by atoms with Gasteiger partial charge in [0.2, 0.25) is 0 Å². The standard InChI is InChI=1S/C14H9BrF5N/c15-9-5-10(16)12(11(17)6-9)13(21)7-2-1-3-8(4-7)14(18,19)20/h1-6,13H,21H2. The quantitative estimate of drug-likeness (QED) is 0.760. The topological polar surface area (TPSA) is 26.0 Å². The van der Waals surface area contributed by atoms with Crippen molar-refractivity contribution in [3.63, 3.8) is 0 Å². The molecular weight excluding hydrogens is 357 g/mol. The van der Waals surface area contributed by atoms with Gasteiger partial charge in [0.25, 0.3) is 0 Å². The van der Waals surface area contributed by atoms with Gasteiger partial charge in [-0.05, 0) is 29.8 Å². The first-order valence-electron chi connectivity index (χ1n) is 5.77. The monoisotopic (exact) mass is 365 g/mol. The van der Waals surface area contributed by atoms with Crippen LogP contribution in [0, 0.1) is 11.6 Å². The van der Waals surface area contributed by atoms with Crippen LogP contribution in [0.4, 0.5) is 22.0 Å². The maximum absolute atomic E-state index is 13.8. The van der Waals surface area contributed by atoms with Gasteiger partial charge in [-0.25, -0.2) is 8.78 Å². The molecule has 1 nitrogen and oxygen atoms in total. The van der Waals surface area contributed by atoms with E-state index in [4.69, 9.17) is 5.73 Å². The number of benzene rings is 2. The van der Waals surface area contributed by atoms with Crippen molar-refractivity contribution in [1.29, 1.82) is 0 Å². The lowest BCUT2D eigenvalue weighted by Gasteiger charge is -2.16. The van der Waals surface area contributed by atoms with Gasteiger partial charge in [0.05, 0.1) is 11.6 Å². The molecule has 0 aromatic heterocycles. The van der Waals surface area contributed by atoms with Crippen molar-refractivity contribution >= 4 is 15.9 Å². The van der Waals surface area contributed by atoms with Gasteiger partial charge in [-0.3, -0.25) is 0 Å². The first-order valence-corrected chi connectivity index (χ1v) is 6.56. The molecule has 0 radical (unpaired) electrons. The summed E-state index contributed by atoms with van der Waals surface area (Å²) in [6.45, 7) is 0. The largest absolute Gasteiger partial charge is 0.416 e. The van der Waals surface area contributed by atoms with Crippen LogP contribution in [0.2, 0.25) is 0 Å². The summed E-state index contributed by atoms with van der Waals surface area (Å²) in [5.74, 6) is -1.85. The minimum absolute atomic E-state index is 0.0232. The van der Waals surface area contributed by atoms with Crippen LogP contribution in [-0.2, 0) is 6.18 Å². The number of hydrogen-bond acceptors (Lipinski definition) is 1. The Hall–Kier alpha value is -1.47. The first-order chi connectivity index (χ1) is 9.70. The smallest absolute Gasteiger partial charge is 0.320 e. The fourth-order valence-corrected chi connectivity index (χ4v) is 2.33. The molecule has 7 heteroatoms. The molecule has 1 unspecified atom stereocenters. The van der Waals surface area contributed by atoms with E-state index in [-0.39, 0.29) is 10.0 Å². The third kappa shape index (κ3) is 3.41. The fourth-order valence-electron chi connectivity index (χ4n) is 1.93. The zero-order valence-electron chi connectivity index (χ0n) is 10.4. The van der Waals surface area contributed by atoms with Crippen LogP contribution < -0.4 is 5.73 Å². The molecule has 0 saturated heterocycles. The Kier molecular flexibility index (Phi) is 4.34. The predicted octanol–water partition coefficient (Wildman–Crippen LogP) is 4.79. The van der Waals surface area contributed by atoms with Crippen molar-refractivity contribution in [2.24, 2.45) is 5.73 Å². The Morgan fingerprint density at radius 3 is 2.10 bits per heavy atom. The predicted molar refractivity (Wildman–Crippen MR) is 71.5 cm³/mol. The van der Waals surface area contributed by atoms with Crippen LogP contribution in [0.15, 0.2) is 40.9 Å². The van der Waals surface area contributed by atoms with E-state index in [1.54, 1.807) is 0 Å². The van der Waals surface area contributed by atoms with Crippen LogP contribution in [0.5, 0.6) is 0 Å². The summed E-state index contributed by atoms with van der Waals surface area (Å²) >= 11 is 2.92. The lowest BCUT2D eigenvalue weighted by atomic mass is 9.97. The molecule has 112 valence electrons. The SMILES string of the molecule is NC(c1cccc(C(F)(F)F)c1)c1c(F)cc(Br)cc1F. The van der Waals surface area contributed by atoms with Crippen LogP contribution in [0.1, 0.15) is 22.7 Å². The third-order valence-electron chi connectivity index (χ3n) is 2.93. The Labute approximate surface area is 125 Å². The van der Waals surface area contributed by atoms with Gasteiger partial charge >= 0.3 is 6.18 Å². The molecule has 0 bridgehead atoms. The van der Waals surface area contributed by atoms with Gasteiger partial charge in [0.1, 0.15) is 11.6 Å². The van der Waals surface area contributed by atoms with Gasteiger partial charge in [0, 0.05) is 10.0 Å². The lowest BCUT2D eigenvalue weighted by Crippen LogP contribution is -2.17. The maximum atomic E-state index is 13.8. The van der Waals surface area contributed by atoms with Gasteiger partial charge in [-0.2, -0.15) is 13.2 Å². The van der Waals surface area contributed by atoms with E-state index in [1.807, 2.05) is 0 Å². The van der Waals surface area contributed by atoms with Crippen molar-refractivity contribution < 1.29 is 22.0 Å².